The van der Waals surface area contributed by atoms with Gasteiger partial charge in [-0.25, -0.2) is 0 Å². The molecule has 1 fully saturated rings. The van der Waals surface area contributed by atoms with Crippen molar-refractivity contribution in [3.8, 4) is 0 Å². The number of benzene rings is 1. The number of likely N-dealkylation sites (tertiary alicyclic amines) is 1. The number of hydrogen-bond acceptors (Lipinski definition) is 2. The maximum Gasteiger partial charge on any atom is 0.309 e. The lowest BCUT2D eigenvalue weighted by molar-refractivity contribution is -0.152. The van der Waals surface area contributed by atoms with Crippen molar-refractivity contribution < 1.29 is 14.7 Å². The van der Waals surface area contributed by atoms with E-state index in [1.807, 2.05) is 6.92 Å². The van der Waals surface area contributed by atoms with E-state index in [-0.39, 0.29) is 5.91 Å². The van der Waals surface area contributed by atoms with Crippen LogP contribution in [0.25, 0.3) is 0 Å². The van der Waals surface area contributed by atoms with Crippen molar-refractivity contribution in [1.82, 2.24) is 4.90 Å². The predicted octanol–water partition coefficient (Wildman–Crippen LogP) is 3.71. The summed E-state index contributed by atoms with van der Waals surface area (Å²) in [7, 11) is 0. The Kier molecular flexibility index (Phi) is 4.79. The molecule has 1 saturated heterocycles. The zero-order chi connectivity index (χ0) is 15.6. The molecule has 114 valence electrons. The van der Waals surface area contributed by atoms with E-state index in [0.29, 0.717) is 48.0 Å². The molecule has 0 radical (unpaired) electrons. The second-order valence-corrected chi connectivity index (χ2v) is 6.20. The standard InChI is InChI=1S/C15H17Cl2NO3/c1-2-15(14(20)21)5-7-18(8-6-15)13(19)11-9-10(16)3-4-12(11)17/h3-4,9H,2,5-8H2,1H3,(H,20,21). The highest BCUT2D eigenvalue weighted by Crippen LogP contribution is 2.36. The number of carboxylic acid groups (broad SMARTS) is 1. The average molecular weight is 330 g/mol. The highest BCUT2D eigenvalue weighted by molar-refractivity contribution is 6.35. The summed E-state index contributed by atoms with van der Waals surface area (Å²) in [6.45, 7) is 2.71. The fourth-order valence-corrected chi connectivity index (χ4v) is 3.06. The van der Waals surface area contributed by atoms with E-state index in [2.05, 4.69) is 0 Å². The maximum absolute atomic E-state index is 12.5. The minimum Gasteiger partial charge on any atom is -0.481 e. The van der Waals surface area contributed by atoms with Crippen molar-refractivity contribution in [2.75, 3.05) is 13.1 Å². The van der Waals surface area contributed by atoms with Gasteiger partial charge in [0.25, 0.3) is 5.91 Å². The monoisotopic (exact) mass is 329 g/mol. The number of aliphatic carboxylic acids is 1. The first-order valence-electron chi connectivity index (χ1n) is 6.87. The number of carbonyl (C=O) groups is 2. The van der Waals surface area contributed by atoms with Crippen molar-refractivity contribution >= 4 is 35.1 Å². The van der Waals surface area contributed by atoms with Gasteiger partial charge in [0, 0.05) is 18.1 Å². The van der Waals surface area contributed by atoms with E-state index in [0.717, 1.165) is 0 Å². The molecule has 1 amide bonds. The van der Waals surface area contributed by atoms with Crippen molar-refractivity contribution in [3.05, 3.63) is 33.8 Å². The van der Waals surface area contributed by atoms with Crippen LogP contribution in [0.15, 0.2) is 18.2 Å². The van der Waals surface area contributed by atoms with Gasteiger partial charge in [0.1, 0.15) is 0 Å². The summed E-state index contributed by atoms with van der Waals surface area (Å²) >= 11 is 11.9. The molecule has 1 aliphatic heterocycles. The van der Waals surface area contributed by atoms with Gasteiger partial charge in [0.15, 0.2) is 0 Å². The summed E-state index contributed by atoms with van der Waals surface area (Å²) < 4.78 is 0. The first-order valence-corrected chi connectivity index (χ1v) is 7.63. The van der Waals surface area contributed by atoms with Gasteiger partial charge in [-0.2, -0.15) is 0 Å². The van der Waals surface area contributed by atoms with Crippen LogP contribution >= 0.6 is 23.2 Å². The molecule has 4 nitrogen and oxygen atoms in total. The van der Waals surface area contributed by atoms with Crippen molar-refractivity contribution in [2.45, 2.75) is 26.2 Å². The molecule has 1 aliphatic rings. The Labute approximate surface area is 133 Å². The molecule has 0 unspecified atom stereocenters. The van der Waals surface area contributed by atoms with Crippen LogP contribution < -0.4 is 0 Å². The number of rotatable bonds is 3. The minimum atomic E-state index is -0.780. The van der Waals surface area contributed by atoms with E-state index in [4.69, 9.17) is 23.2 Å². The highest BCUT2D eigenvalue weighted by Gasteiger charge is 2.41. The van der Waals surface area contributed by atoms with Gasteiger partial charge in [-0.15, -0.1) is 0 Å². The zero-order valence-corrected chi connectivity index (χ0v) is 13.2. The summed E-state index contributed by atoms with van der Waals surface area (Å²) in [5.74, 6) is -0.976. The number of carbonyl (C=O) groups excluding carboxylic acids is 1. The van der Waals surface area contributed by atoms with E-state index in [1.54, 1.807) is 23.1 Å². The van der Waals surface area contributed by atoms with Crippen LogP contribution in [0, 0.1) is 5.41 Å². The van der Waals surface area contributed by atoms with Crippen molar-refractivity contribution in [3.63, 3.8) is 0 Å². The molecular formula is C15H17Cl2NO3. The number of piperidine rings is 1. The Balaban J connectivity index is 2.13. The first kappa shape index (κ1) is 16.1. The minimum absolute atomic E-state index is 0.197. The molecule has 1 heterocycles. The molecule has 1 aromatic carbocycles. The van der Waals surface area contributed by atoms with Crippen LogP contribution in [-0.4, -0.2) is 35.0 Å². The Morgan fingerprint density at radius 2 is 1.90 bits per heavy atom. The third-order valence-corrected chi connectivity index (χ3v) is 4.86. The number of amides is 1. The molecule has 2 rings (SSSR count). The molecule has 1 N–H and O–H groups in total. The maximum atomic E-state index is 12.5. The van der Waals surface area contributed by atoms with E-state index >= 15 is 0 Å². The van der Waals surface area contributed by atoms with Crippen LogP contribution in [0.3, 0.4) is 0 Å². The van der Waals surface area contributed by atoms with Crippen LogP contribution in [0.5, 0.6) is 0 Å². The molecular weight excluding hydrogens is 313 g/mol. The molecule has 6 heteroatoms. The lowest BCUT2D eigenvalue weighted by Crippen LogP contribution is -2.46. The molecule has 0 atom stereocenters. The van der Waals surface area contributed by atoms with E-state index in [9.17, 15) is 14.7 Å². The van der Waals surface area contributed by atoms with Crippen LogP contribution in [0.4, 0.5) is 0 Å². The summed E-state index contributed by atoms with van der Waals surface area (Å²) in [4.78, 5) is 25.5. The normalized spacial score (nSPS) is 17.6. The molecule has 0 aliphatic carbocycles. The molecule has 0 bridgehead atoms. The largest absolute Gasteiger partial charge is 0.481 e. The first-order chi connectivity index (χ1) is 9.89. The quantitative estimate of drug-likeness (QED) is 0.919. The Hall–Kier alpha value is -1.26. The molecule has 0 aromatic heterocycles. The molecule has 0 saturated carbocycles. The van der Waals surface area contributed by atoms with Crippen LogP contribution in [0.2, 0.25) is 10.0 Å². The third kappa shape index (κ3) is 3.16. The summed E-state index contributed by atoms with van der Waals surface area (Å²) in [6, 6.07) is 4.77. The zero-order valence-electron chi connectivity index (χ0n) is 11.7. The van der Waals surface area contributed by atoms with Gasteiger partial charge in [-0.1, -0.05) is 30.1 Å². The predicted molar refractivity (Wildman–Crippen MR) is 82.0 cm³/mol. The lowest BCUT2D eigenvalue weighted by Gasteiger charge is -2.38. The summed E-state index contributed by atoms with van der Waals surface area (Å²) in [5, 5.41) is 10.2. The second kappa shape index (κ2) is 6.24. The van der Waals surface area contributed by atoms with Crippen molar-refractivity contribution in [1.29, 1.82) is 0 Å². The average Bonchev–Trinajstić information content (AvgIpc) is 2.49. The third-order valence-electron chi connectivity index (χ3n) is 4.30. The van der Waals surface area contributed by atoms with Gasteiger partial charge >= 0.3 is 5.97 Å². The summed E-state index contributed by atoms with van der Waals surface area (Å²) in [5.41, 5.74) is -0.349. The SMILES string of the molecule is CCC1(C(=O)O)CCN(C(=O)c2cc(Cl)ccc2Cl)CC1. The van der Waals surface area contributed by atoms with Crippen LogP contribution in [0.1, 0.15) is 36.5 Å². The Bertz CT molecular complexity index is 566. The van der Waals surface area contributed by atoms with E-state index < -0.39 is 11.4 Å². The Morgan fingerprint density at radius 3 is 2.43 bits per heavy atom. The van der Waals surface area contributed by atoms with Gasteiger partial charge in [-0.3, -0.25) is 9.59 Å². The smallest absolute Gasteiger partial charge is 0.309 e. The highest BCUT2D eigenvalue weighted by atomic mass is 35.5. The Morgan fingerprint density at radius 1 is 1.29 bits per heavy atom. The number of halogens is 2. The number of nitrogens with zero attached hydrogens (tertiary/aromatic N) is 1. The molecule has 21 heavy (non-hydrogen) atoms. The van der Waals surface area contributed by atoms with Crippen LogP contribution in [-0.2, 0) is 4.79 Å². The fourth-order valence-electron chi connectivity index (χ4n) is 2.69. The summed E-state index contributed by atoms with van der Waals surface area (Å²) in [6.07, 6.45) is 1.49. The number of hydrogen-bond donors (Lipinski definition) is 1. The van der Waals surface area contributed by atoms with E-state index in [1.165, 1.54) is 0 Å². The molecule has 1 aromatic rings. The second-order valence-electron chi connectivity index (χ2n) is 5.36. The van der Waals surface area contributed by atoms with Gasteiger partial charge in [0.05, 0.1) is 16.0 Å². The van der Waals surface area contributed by atoms with Gasteiger partial charge in [0.2, 0.25) is 0 Å². The topological polar surface area (TPSA) is 57.6 Å². The number of carboxylic acids is 1. The van der Waals surface area contributed by atoms with Gasteiger partial charge < -0.3 is 10.0 Å². The molecule has 0 spiro atoms. The van der Waals surface area contributed by atoms with Crippen molar-refractivity contribution in [2.24, 2.45) is 5.41 Å². The fraction of sp³-hybridized carbons (Fsp3) is 0.467. The lowest BCUT2D eigenvalue weighted by atomic mass is 9.76. The van der Waals surface area contributed by atoms with Gasteiger partial charge in [-0.05, 0) is 37.5 Å².